The number of hydrogen-bond donors (Lipinski definition) is 0. The number of rotatable bonds is 7. The van der Waals surface area contributed by atoms with Gasteiger partial charge in [-0.3, -0.25) is 0 Å². The van der Waals surface area contributed by atoms with Crippen molar-refractivity contribution in [2.75, 3.05) is 25.6 Å². The molecule has 0 fully saturated rings. The number of halogens is 1. The smallest absolute Gasteiger partial charge is 0.0589 e. The number of benzene rings is 1. The van der Waals surface area contributed by atoms with Crippen LogP contribution in [0.4, 0.5) is 0 Å². The van der Waals surface area contributed by atoms with Gasteiger partial charge in [0.25, 0.3) is 0 Å². The molecule has 1 aromatic carbocycles. The second kappa shape index (κ2) is 8.08. The molecule has 1 atom stereocenters. The van der Waals surface area contributed by atoms with Crippen LogP contribution in [0.2, 0.25) is 5.02 Å². The van der Waals surface area contributed by atoms with Crippen molar-refractivity contribution < 1.29 is 4.74 Å². The largest absolute Gasteiger partial charge is 0.381 e. The van der Waals surface area contributed by atoms with E-state index in [-0.39, 0.29) is 0 Å². The third-order valence-corrected chi connectivity index (χ3v) is 10.5. The van der Waals surface area contributed by atoms with Gasteiger partial charge in [0.1, 0.15) is 0 Å². The molecule has 0 spiro atoms. The van der Waals surface area contributed by atoms with Gasteiger partial charge in [0.15, 0.2) is 0 Å². The molecule has 0 aliphatic carbocycles. The first-order chi connectivity index (χ1) is 8.03. The summed E-state index contributed by atoms with van der Waals surface area (Å²) < 4.78 is 3.89. The summed E-state index contributed by atoms with van der Waals surface area (Å²) in [6.45, 7) is 5.74. The predicted octanol–water partition coefficient (Wildman–Crippen LogP) is 5.14. The molecule has 0 bridgehead atoms. The zero-order chi connectivity index (χ0) is 12.7. The zero-order valence-corrected chi connectivity index (χ0v) is 14.0. The van der Waals surface area contributed by atoms with Gasteiger partial charge in [0, 0.05) is 22.3 Å². The van der Waals surface area contributed by atoms with Crippen molar-refractivity contribution in [1.29, 1.82) is 0 Å². The molecule has 0 saturated carbocycles. The summed E-state index contributed by atoms with van der Waals surface area (Å²) in [6, 6.07) is 7.87. The van der Waals surface area contributed by atoms with Gasteiger partial charge < -0.3 is 4.74 Å². The van der Waals surface area contributed by atoms with Crippen LogP contribution in [0.5, 0.6) is 0 Å². The molecule has 0 aliphatic rings. The third-order valence-electron chi connectivity index (χ3n) is 1.84. The van der Waals surface area contributed by atoms with E-state index in [1.807, 2.05) is 42.6 Å². The minimum Gasteiger partial charge on any atom is -0.381 e. The van der Waals surface area contributed by atoms with Crippen LogP contribution in [0, 0.1) is 0 Å². The Bertz CT molecular complexity index is 383. The summed E-state index contributed by atoms with van der Waals surface area (Å²) >= 11 is 15.1. The van der Waals surface area contributed by atoms with E-state index in [1.54, 1.807) is 11.4 Å². The Hall–Kier alpha value is 0.820. The molecule has 0 radical (unpaired) electrons. The highest BCUT2D eigenvalue weighted by Gasteiger charge is 2.12. The average Bonchev–Trinajstić information content (AvgIpc) is 2.27. The van der Waals surface area contributed by atoms with E-state index in [2.05, 4.69) is 6.66 Å². The van der Waals surface area contributed by atoms with Gasteiger partial charge in [-0.1, -0.05) is 34.8 Å². The van der Waals surface area contributed by atoms with Gasteiger partial charge in [-0.2, -0.15) is 0 Å². The van der Waals surface area contributed by atoms with Gasteiger partial charge in [0.05, 0.1) is 11.0 Å². The molecule has 96 valence electrons. The Balaban J connectivity index is 2.43. The lowest BCUT2D eigenvalue weighted by atomic mass is 10.4. The van der Waals surface area contributed by atoms with E-state index >= 15 is 0 Å². The van der Waals surface area contributed by atoms with Crippen molar-refractivity contribution in [3.63, 3.8) is 0 Å². The first kappa shape index (κ1) is 15.9. The fraction of sp³-hybridized carbons (Fsp3) is 0.455. The van der Waals surface area contributed by atoms with Crippen LogP contribution in [0.25, 0.3) is 0 Å². The molecule has 0 aliphatic heterocycles. The summed E-state index contributed by atoms with van der Waals surface area (Å²) in [7, 11) is 0. The fourth-order valence-corrected chi connectivity index (χ4v) is 8.72. The van der Waals surface area contributed by atoms with Crippen molar-refractivity contribution in [3.05, 3.63) is 29.3 Å². The molecule has 1 aromatic rings. The van der Waals surface area contributed by atoms with Gasteiger partial charge >= 0.3 is 0 Å². The summed E-state index contributed by atoms with van der Waals surface area (Å²) in [5.74, 6) is 0.974. The first-order valence-corrected chi connectivity index (χ1v) is 11.9. The molecule has 0 N–H and O–H groups in total. The average molecular weight is 327 g/mol. The number of hydrogen-bond acceptors (Lipinski definition) is 4. The highest BCUT2D eigenvalue weighted by molar-refractivity contribution is 9.00. The van der Waals surface area contributed by atoms with E-state index in [0.717, 1.165) is 24.0 Å². The quantitative estimate of drug-likeness (QED) is 0.506. The Morgan fingerprint density at radius 3 is 2.59 bits per heavy atom. The Morgan fingerprint density at radius 2 is 2.00 bits per heavy atom. The summed E-state index contributed by atoms with van der Waals surface area (Å²) in [6.07, 6.45) is 0. The fourth-order valence-electron chi connectivity index (χ4n) is 1.12. The van der Waals surface area contributed by atoms with Gasteiger partial charge in [-0.05, 0) is 37.9 Å². The second-order valence-electron chi connectivity index (χ2n) is 3.35. The van der Waals surface area contributed by atoms with Crippen LogP contribution in [0.3, 0.4) is 0 Å². The molecule has 6 heteroatoms. The first-order valence-electron chi connectivity index (χ1n) is 5.28. The highest BCUT2D eigenvalue weighted by Crippen LogP contribution is 2.68. The second-order valence-corrected chi connectivity index (χ2v) is 16.6. The van der Waals surface area contributed by atoms with Crippen molar-refractivity contribution in [1.82, 2.24) is 0 Å². The predicted molar refractivity (Wildman–Crippen MR) is 86.5 cm³/mol. The summed E-state index contributed by atoms with van der Waals surface area (Å²) in [5, 5.41) is 0.766. The standard InChI is InChI=1S/C11H16ClOPS3/c1-3-13-8-9-16-14(2,15)17-11-6-4-10(12)5-7-11/h4-7H,3,8-9H2,1-2H3. The van der Waals surface area contributed by atoms with E-state index in [9.17, 15) is 0 Å². The van der Waals surface area contributed by atoms with Crippen molar-refractivity contribution in [2.45, 2.75) is 11.8 Å². The van der Waals surface area contributed by atoms with Gasteiger partial charge in [-0.25, -0.2) is 0 Å². The van der Waals surface area contributed by atoms with Crippen LogP contribution < -0.4 is 0 Å². The Kier molecular flexibility index (Phi) is 7.55. The van der Waals surface area contributed by atoms with Crippen molar-refractivity contribution in [3.8, 4) is 0 Å². The molecule has 17 heavy (non-hydrogen) atoms. The van der Waals surface area contributed by atoms with Crippen molar-refractivity contribution in [2.24, 2.45) is 0 Å². The lowest BCUT2D eigenvalue weighted by molar-refractivity contribution is 0.165. The van der Waals surface area contributed by atoms with E-state index in [4.69, 9.17) is 28.1 Å². The van der Waals surface area contributed by atoms with E-state index < -0.39 is 4.44 Å². The van der Waals surface area contributed by atoms with Crippen molar-refractivity contribution >= 4 is 50.6 Å². The maximum Gasteiger partial charge on any atom is 0.0589 e. The molecular formula is C11H16ClOPS3. The van der Waals surface area contributed by atoms with E-state index in [0.29, 0.717) is 0 Å². The molecule has 1 nitrogen and oxygen atoms in total. The van der Waals surface area contributed by atoms with Gasteiger partial charge in [-0.15, -0.1) is 11.4 Å². The van der Waals surface area contributed by atoms with E-state index in [1.165, 1.54) is 4.90 Å². The third kappa shape index (κ3) is 7.09. The maximum atomic E-state index is 5.85. The Morgan fingerprint density at radius 1 is 1.35 bits per heavy atom. The molecular weight excluding hydrogens is 311 g/mol. The zero-order valence-electron chi connectivity index (χ0n) is 9.89. The van der Waals surface area contributed by atoms with Crippen LogP contribution in [-0.2, 0) is 16.5 Å². The summed E-state index contributed by atoms with van der Waals surface area (Å²) in [5.41, 5.74) is 0. The SMILES string of the molecule is CCOCCSP(C)(=S)Sc1ccc(Cl)cc1. The molecule has 0 aromatic heterocycles. The van der Waals surface area contributed by atoms with Crippen LogP contribution in [0.1, 0.15) is 6.92 Å². The lowest BCUT2D eigenvalue weighted by Gasteiger charge is -2.15. The van der Waals surface area contributed by atoms with Gasteiger partial charge in [0.2, 0.25) is 0 Å². The minimum absolute atomic E-state index is 0.766. The van der Waals surface area contributed by atoms with Crippen LogP contribution in [-0.4, -0.2) is 25.6 Å². The van der Waals surface area contributed by atoms with Crippen LogP contribution >= 0.6 is 38.8 Å². The molecule has 0 heterocycles. The maximum absolute atomic E-state index is 5.85. The van der Waals surface area contributed by atoms with Crippen LogP contribution in [0.15, 0.2) is 29.2 Å². The normalized spacial score (nSPS) is 14.5. The molecule has 1 unspecified atom stereocenters. The lowest BCUT2D eigenvalue weighted by Crippen LogP contribution is -1.95. The Labute approximate surface area is 122 Å². The monoisotopic (exact) mass is 326 g/mol. The molecule has 0 amide bonds. The molecule has 0 saturated heterocycles. The molecule has 1 rings (SSSR count). The topological polar surface area (TPSA) is 9.23 Å². The highest BCUT2D eigenvalue weighted by atomic mass is 35.5. The minimum atomic E-state index is -1.43. The summed E-state index contributed by atoms with van der Waals surface area (Å²) in [4.78, 5) is 1.20. The number of ether oxygens (including phenoxy) is 1.